The number of urea groups is 1. The van der Waals surface area contributed by atoms with E-state index in [1.165, 1.54) is 12.1 Å². The van der Waals surface area contributed by atoms with E-state index >= 15 is 0 Å². The Morgan fingerprint density at radius 1 is 1.44 bits per heavy atom. The van der Waals surface area contributed by atoms with E-state index in [0.29, 0.717) is 3.71 Å². The molecule has 1 aromatic carbocycles. The van der Waals surface area contributed by atoms with Gasteiger partial charge in [-0.15, -0.1) is 0 Å². The number of carbonyl (C=O) groups is 1. The first-order valence-electron chi connectivity index (χ1n) is 4.98. The van der Waals surface area contributed by atoms with Crippen molar-refractivity contribution in [3.05, 3.63) is 30.3 Å². The summed E-state index contributed by atoms with van der Waals surface area (Å²) in [5.41, 5.74) is 0. The van der Waals surface area contributed by atoms with Gasteiger partial charge in [0.15, 0.2) is 0 Å². The van der Waals surface area contributed by atoms with E-state index in [-0.39, 0.29) is 11.4 Å². The maximum Gasteiger partial charge on any atom is 0.345 e. The molecule has 1 unspecified atom stereocenters. The first kappa shape index (κ1) is 12.7. The van der Waals surface area contributed by atoms with Crippen molar-refractivity contribution in [2.45, 2.75) is 10.9 Å². The van der Waals surface area contributed by atoms with E-state index in [1.54, 1.807) is 18.2 Å². The van der Waals surface area contributed by atoms with Crippen LogP contribution in [0.3, 0.4) is 0 Å². The largest absolute Gasteiger partial charge is 0.345 e. The van der Waals surface area contributed by atoms with Gasteiger partial charge in [-0.2, -0.15) is 8.97 Å². The van der Waals surface area contributed by atoms with Crippen molar-refractivity contribution in [3.8, 4) is 6.07 Å². The Bertz CT molecular complexity index is 609. The average Bonchev–Trinajstić information content (AvgIpc) is 3.17. The molecule has 1 aliphatic heterocycles. The van der Waals surface area contributed by atoms with Crippen LogP contribution >= 0.6 is 12.8 Å². The molecule has 0 radical (unpaired) electrons. The maximum absolute atomic E-state index is 12.0. The molecule has 94 valence electrons. The highest BCUT2D eigenvalue weighted by molar-refractivity contribution is 8.00. The average molecular weight is 283 g/mol. The van der Waals surface area contributed by atoms with Crippen LogP contribution in [0.15, 0.2) is 35.2 Å². The minimum absolute atomic E-state index is 0.0243. The van der Waals surface area contributed by atoms with Crippen molar-refractivity contribution in [1.29, 1.82) is 5.26 Å². The van der Waals surface area contributed by atoms with Gasteiger partial charge in [-0.25, -0.2) is 13.2 Å². The van der Waals surface area contributed by atoms with Crippen LogP contribution in [0.2, 0.25) is 0 Å². The van der Waals surface area contributed by atoms with Crippen molar-refractivity contribution >= 4 is 28.9 Å². The van der Waals surface area contributed by atoms with Crippen LogP contribution in [0.5, 0.6) is 0 Å². The van der Waals surface area contributed by atoms with Crippen molar-refractivity contribution in [2.75, 3.05) is 6.54 Å². The molecule has 0 aliphatic carbocycles. The van der Waals surface area contributed by atoms with Crippen LogP contribution in [0.4, 0.5) is 4.79 Å². The summed E-state index contributed by atoms with van der Waals surface area (Å²) < 4.78 is 24.4. The van der Waals surface area contributed by atoms with Crippen molar-refractivity contribution in [3.63, 3.8) is 0 Å². The lowest BCUT2D eigenvalue weighted by Gasteiger charge is -2.16. The summed E-state index contributed by atoms with van der Waals surface area (Å²) in [7, 11) is -3.98. The Morgan fingerprint density at radius 2 is 2.06 bits per heavy atom. The number of benzene rings is 1. The number of hydrogen-bond donors (Lipinski definition) is 1. The quantitative estimate of drug-likeness (QED) is 0.644. The van der Waals surface area contributed by atoms with Gasteiger partial charge in [-0.05, 0) is 24.9 Å². The number of nitriles is 1. The number of hydrogen-bond acceptors (Lipinski definition) is 5. The highest BCUT2D eigenvalue weighted by atomic mass is 32.3. The molecular weight excluding hydrogens is 274 g/mol. The molecule has 2 amide bonds. The van der Waals surface area contributed by atoms with Gasteiger partial charge in [0.05, 0.1) is 17.5 Å². The molecule has 8 heteroatoms. The smallest absolute Gasteiger partial charge is 0.302 e. The van der Waals surface area contributed by atoms with Crippen molar-refractivity contribution in [2.24, 2.45) is 0 Å². The van der Waals surface area contributed by atoms with E-state index in [4.69, 9.17) is 5.26 Å². The Kier molecular flexibility index (Phi) is 3.19. The highest BCUT2D eigenvalue weighted by Crippen LogP contribution is 2.24. The van der Waals surface area contributed by atoms with Gasteiger partial charge < -0.3 is 4.90 Å². The second-order valence-electron chi connectivity index (χ2n) is 3.64. The lowest BCUT2D eigenvalue weighted by Crippen LogP contribution is -2.33. The van der Waals surface area contributed by atoms with Crippen LogP contribution in [0.1, 0.15) is 0 Å². The molecule has 1 saturated heterocycles. The number of sulfonamides is 1. The Balaban J connectivity index is 2.22. The molecule has 0 aromatic heterocycles. The molecule has 1 heterocycles. The van der Waals surface area contributed by atoms with E-state index < -0.39 is 22.1 Å². The lowest BCUT2D eigenvalue weighted by molar-refractivity contribution is 0.224. The van der Waals surface area contributed by atoms with Gasteiger partial charge in [0, 0.05) is 0 Å². The Morgan fingerprint density at radius 3 is 2.56 bits per heavy atom. The summed E-state index contributed by atoms with van der Waals surface area (Å²) in [4.78, 5) is 12.8. The maximum atomic E-state index is 12.0. The van der Waals surface area contributed by atoms with Crippen LogP contribution in [0.25, 0.3) is 0 Å². The van der Waals surface area contributed by atoms with Crippen LogP contribution in [-0.4, -0.2) is 35.6 Å². The van der Waals surface area contributed by atoms with E-state index in [1.807, 2.05) is 6.07 Å². The van der Waals surface area contributed by atoms with Gasteiger partial charge in [0.25, 0.3) is 10.0 Å². The van der Waals surface area contributed by atoms with Gasteiger partial charge in [-0.1, -0.05) is 18.2 Å². The van der Waals surface area contributed by atoms with Crippen molar-refractivity contribution in [1.82, 2.24) is 8.61 Å². The first-order chi connectivity index (χ1) is 8.48. The van der Waals surface area contributed by atoms with E-state index in [9.17, 15) is 13.2 Å². The van der Waals surface area contributed by atoms with Gasteiger partial charge >= 0.3 is 6.03 Å². The summed E-state index contributed by atoms with van der Waals surface area (Å²) >= 11 is 3.72. The SMILES string of the molecule is N#CC1CN1C(=O)N(S)S(=O)(=O)c1ccccc1. The summed E-state index contributed by atoms with van der Waals surface area (Å²) in [5.74, 6) is 0. The normalized spacial score (nSPS) is 18.0. The topological polar surface area (TPSA) is 81.2 Å². The first-order valence-corrected chi connectivity index (χ1v) is 6.82. The molecule has 0 bridgehead atoms. The molecular formula is C10H9N3O3S2. The van der Waals surface area contributed by atoms with E-state index in [0.717, 1.165) is 4.90 Å². The number of nitrogens with zero attached hydrogens (tertiary/aromatic N) is 3. The molecule has 6 nitrogen and oxygen atoms in total. The van der Waals surface area contributed by atoms with Crippen LogP contribution in [0, 0.1) is 11.3 Å². The third kappa shape index (κ3) is 2.14. The third-order valence-corrected chi connectivity index (χ3v) is 4.73. The number of amides is 2. The molecule has 0 spiro atoms. The molecule has 0 saturated carbocycles. The standard InChI is InChI=1S/C10H9N3O3S2/c11-6-8-7-12(8)10(14)13(17)18(15,16)9-4-2-1-3-5-9/h1-5,8,17H,7H2. The fourth-order valence-corrected chi connectivity index (χ4v) is 2.78. The minimum Gasteiger partial charge on any atom is -0.302 e. The Hall–Kier alpha value is -1.72. The van der Waals surface area contributed by atoms with E-state index in [2.05, 4.69) is 12.8 Å². The predicted molar refractivity (Wildman–Crippen MR) is 66.0 cm³/mol. The predicted octanol–water partition coefficient (Wildman–Crippen LogP) is 0.850. The van der Waals surface area contributed by atoms with Crippen LogP contribution in [-0.2, 0) is 10.0 Å². The zero-order chi connectivity index (χ0) is 13.3. The molecule has 2 rings (SSSR count). The van der Waals surface area contributed by atoms with Gasteiger partial charge in [-0.3, -0.25) is 0 Å². The minimum atomic E-state index is -3.98. The third-order valence-electron chi connectivity index (χ3n) is 2.44. The highest BCUT2D eigenvalue weighted by Gasteiger charge is 2.43. The zero-order valence-electron chi connectivity index (χ0n) is 9.09. The number of thiol groups is 1. The summed E-state index contributed by atoms with van der Waals surface area (Å²) in [6.45, 7) is 0.233. The van der Waals surface area contributed by atoms with Crippen molar-refractivity contribution < 1.29 is 13.2 Å². The molecule has 0 N–H and O–H groups in total. The number of carbonyl (C=O) groups excluding carboxylic acids is 1. The molecule has 1 atom stereocenters. The lowest BCUT2D eigenvalue weighted by atomic mass is 10.4. The monoisotopic (exact) mass is 283 g/mol. The van der Waals surface area contributed by atoms with Crippen LogP contribution < -0.4 is 0 Å². The fraction of sp³-hybridized carbons (Fsp3) is 0.200. The second-order valence-corrected chi connectivity index (χ2v) is 6.10. The fourth-order valence-electron chi connectivity index (χ4n) is 1.37. The van der Waals surface area contributed by atoms with Gasteiger partial charge in [0.2, 0.25) is 0 Å². The molecule has 1 fully saturated rings. The molecule has 18 heavy (non-hydrogen) atoms. The second kappa shape index (κ2) is 4.51. The summed E-state index contributed by atoms with van der Waals surface area (Å²) in [5, 5.41) is 8.59. The zero-order valence-corrected chi connectivity index (χ0v) is 10.8. The summed E-state index contributed by atoms with van der Waals surface area (Å²) in [6, 6.07) is 8.01. The van der Waals surface area contributed by atoms with Gasteiger partial charge in [0.1, 0.15) is 6.04 Å². The number of rotatable bonds is 2. The molecule has 1 aromatic rings. The molecule has 1 aliphatic rings. The summed E-state index contributed by atoms with van der Waals surface area (Å²) in [6.07, 6.45) is 0. The Labute approximate surface area is 110 Å².